The number of hydrogen-bond acceptors (Lipinski definition) is 7. The number of amides is 2. The van der Waals surface area contributed by atoms with Gasteiger partial charge in [-0.05, 0) is 30.2 Å². The standard InChI is InChI=1S/C23H31N3O4.C2H2O4/c1-4-24-22(27)21(25-23(28)30-17-19-8-6-5-7-9-19)16-18-10-12-20(13-11-18)29-15-14-26(2)3;3-1(4)2(5)6/h5-13,21H,4,14-17H2,1-3H3,(H,24,27)(H,25,28);(H,3,4)(H,5,6)/t21-;/m0./s1. The lowest BCUT2D eigenvalue weighted by molar-refractivity contribution is -0.858. The molecule has 2 aromatic carbocycles. The number of aliphatic carboxylic acids is 2. The van der Waals surface area contributed by atoms with Crippen LogP contribution in [0, 0.1) is 0 Å². The minimum Gasteiger partial charge on any atom is -0.539 e. The van der Waals surface area contributed by atoms with Gasteiger partial charge in [-0.25, -0.2) is 9.59 Å². The van der Waals surface area contributed by atoms with E-state index in [1.165, 1.54) is 4.90 Å². The van der Waals surface area contributed by atoms with E-state index in [1.54, 1.807) is 0 Å². The van der Waals surface area contributed by atoms with Crippen molar-refractivity contribution in [3.63, 3.8) is 0 Å². The lowest BCUT2D eigenvalue weighted by Crippen LogP contribution is -3.06. The number of rotatable bonds is 11. The molecule has 0 aliphatic rings. The molecule has 0 bridgehead atoms. The van der Waals surface area contributed by atoms with Crippen LogP contribution in [0.2, 0.25) is 0 Å². The van der Waals surface area contributed by atoms with Crippen LogP contribution in [0.4, 0.5) is 4.79 Å². The Morgan fingerprint density at radius 3 is 2.14 bits per heavy atom. The summed E-state index contributed by atoms with van der Waals surface area (Å²) in [6.45, 7) is 4.02. The first-order chi connectivity index (χ1) is 17.1. The maximum atomic E-state index is 12.4. The van der Waals surface area contributed by atoms with Crippen LogP contribution in [0.5, 0.6) is 5.75 Å². The van der Waals surface area contributed by atoms with Gasteiger partial charge < -0.3 is 40.0 Å². The fourth-order valence-electron chi connectivity index (χ4n) is 2.74. The Bertz CT molecular complexity index is 953. The van der Waals surface area contributed by atoms with Gasteiger partial charge in [-0.15, -0.1) is 0 Å². The molecule has 0 radical (unpaired) electrons. The van der Waals surface area contributed by atoms with Crippen molar-refractivity contribution in [3.05, 3.63) is 65.7 Å². The topological polar surface area (TPSA) is 159 Å². The van der Waals surface area contributed by atoms with Crippen molar-refractivity contribution in [1.29, 1.82) is 0 Å². The number of alkyl carbamates (subject to hydrolysis) is 1. The number of quaternary nitrogens is 1. The first kappa shape index (κ1) is 29.9. The SMILES string of the molecule is CCNC(=O)[C@H](Cc1ccc(OCC[NH+](C)C)cc1)NC(=O)OCc1ccccc1.O=C([O-])C(=O)O. The van der Waals surface area contributed by atoms with Crippen molar-refractivity contribution in [2.75, 3.05) is 33.8 Å². The van der Waals surface area contributed by atoms with Crippen molar-refractivity contribution < 1.29 is 43.8 Å². The third-order valence-corrected chi connectivity index (χ3v) is 4.58. The molecular formula is C25H33N3O8. The summed E-state index contributed by atoms with van der Waals surface area (Å²) in [7, 11) is 4.15. The van der Waals surface area contributed by atoms with Crippen molar-refractivity contribution in [1.82, 2.24) is 10.6 Å². The minimum absolute atomic E-state index is 0.148. The quantitative estimate of drug-likeness (QED) is 0.284. The second-order valence-electron chi connectivity index (χ2n) is 7.90. The Hall–Kier alpha value is -4.12. The first-order valence-corrected chi connectivity index (χ1v) is 11.3. The minimum atomic E-state index is -2.07. The monoisotopic (exact) mass is 503 g/mol. The van der Waals surface area contributed by atoms with E-state index in [0.29, 0.717) is 19.6 Å². The summed E-state index contributed by atoms with van der Waals surface area (Å²) in [5, 5.41) is 21.8. The fraction of sp³-hybridized carbons (Fsp3) is 0.360. The highest BCUT2D eigenvalue weighted by Crippen LogP contribution is 2.13. The Morgan fingerprint density at radius 1 is 1.00 bits per heavy atom. The van der Waals surface area contributed by atoms with Crippen LogP contribution in [-0.4, -0.2) is 68.9 Å². The highest BCUT2D eigenvalue weighted by molar-refractivity contribution is 6.26. The molecule has 0 aromatic heterocycles. The van der Waals surface area contributed by atoms with Crippen LogP contribution in [0.25, 0.3) is 0 Å². The van der Waals surface area contributed by atoms with Gasteiger partial charge >= 0.3 is 12.1 Å². The smallest absolute Gasteiger partial charge is 0.408 e. The largest absolute Gasteiger partial charge is 0.539 e. The highest BCUT2D eigenvalue weighted by Gasteiger charge is 2.21. The van der Waals surface area contributed by atoms with E-state index >= 15 is 0 Å². The zero-order valence-corrected chi connectivity index (χ0v) is 20.6. The van der Waals surface area contributed by atoms with Crippen molar-refractivity contribution >= 4 is 23.9 Å². The predicted molar refractivity (Wildman–Crippen MR) is 128 cm³/mol. The summed E-state index contributed by atoms with van der Waals surface area (Å²) < 4.78 is 11.0. The molecule has 0 heterocycles. The molecule has 11 heteroatoms. The van der Waals surface area contributed by atoms with Gasteiger partial charge in [0.1, 0.15) is 31.5 Å². The summed E-state index contributed by atoms with van der Waals surface area (Å²) in [4.78, 5) is 44.0. The molecule has 0 aliphatic carbocycles. The molecule has 36 heavy (non-hydrogen) atoms. The van der Waals surface area contributed by atoms with E-state index in [2.05, 4.69) is 24.7 Å². The molecule has 196 valence electrons. The average Bonchev–Trinajstić information content (AvgIpc) is 2.84. The van der Waals surface area contributed by atoms with Crippen molar-refractivity contribution in [2.45, 2.75) is 26.0 Å². The van der Waals surface area contributed by atoms with Gasteiger partial charge in [-0.3, -0.25) is 4.79 Å². The Kier molecular flexibility index (Phi) is 13.7. The van der Waals surface area contributed by atoms with E-state index in [1.807, 2.05) is 61.5 Å². The van der Waals surface area contributed by atoms with Crippen LogP contribution >= 0.6 is 0 Å². The van der Waals surface area contributed by atoms with Crippen LogP contribution in [0.3, 0.4) is 0 Å². The number of ether oxygens (including phenoxy) is 2. The van der Waals surface area contributed by atoms with E-state index in [-0.39, 0.29) is 12.5 Å². The molecule has 0 fully saturated rings. The maximum absolute atomic E-state index is 12.4. The molecule has 2 amide bonds. The molecule has 0 saturated heterocycles. The molecular weight excluding hydrogens is 470 g/mol. The zero-order chi connectivity index (χ0) is 26.9. The molecule has 0 unspecified atom stereocenters. The molecule has 4 N–H and O–H groups in total. The molecule has 2 rings (SSSR count). The van der Waals surface area contributed by atoms with Crippen LogP contribution in [0.1, 0.15) is 18.1 Å². The predicted octanol–water partition coefficient (Wildman–Crippen LogP) is -0.996. The number of hydrogen-bond donors (Lipinski definition) is 4. The molecule has 0 spiro atoms. The molecule has 11 nitrogen and oxygen atoms in total. The summed E-state index contributed by atoms with van der Waals surface area (Å²) in [5.74, 6) is -3.47. The van der Waals surface area contributed by atoms with Crippen molar-refractivity contribution in [3.8, 4) is 5.75 Å². The zero-order valence-electron chi connectivity index (χ0n) is 20.6. The maximum Gasteiger partial charge on any atom is 0.408 e. The van der Waals surface area contributed by atoms with Gasteiger partial charge in [-0.1, -0.05) is 42.5 Å². The number of carboxylic acids is 2. The average molecular weight is 504 g/mol. The second-order valence-corrected chi connectivity index (χ2v) is 7.90. The van der Waals surface area contributed by atoms with E-state index in [9.17, 15) is 9.59 Å². The number of nitrogens with one attached hydrogen (secondary N) is 3. The lowest BCUT2D eigenvalue weighted by atomic mass is 10.1. The van der Waals surface area contributed by atoms with Crippen molar-refractivity contribution in [2.24, 2.45) is 0 Å². The number of carbonyl (C=O) groups is 4. The van der Waals surface area contributed by atoms with Gasteiger partial charge in [0, 0.05) is 13.0 Å². The van der Waals surface area contributed by atoms with Crippen LogP contribution < -0.4 is 25.4 Å². The highest BCUT2D eigenvalue weighted by atomic mass is 16.5. The van der Waals surface area contributed by atoms with Crippen LogP contribution in [-0.2, 0) is 32.1 Å². The van der Waals surface area contributed by atoms with Gasteiger partial charge in [0.15, 0.2) is 5.97 Å². The second kappa shape index (κ2) is 16.5. The Balaban J connectivity index is 0.000000960. The normalized spacial score (nSPS) is 10.9. The first-order valence-electron chi connectivity index (χ1n) is 11.3. The summed E-state index contributed by atoms with van der Waals surface area (Å²) >= 11 is 0. The number of likely N-dealkylation sites (N-methyl/N-ethyl adjacent to an activating group) is 2. The van der Waals surface area contributed by atoms with Gasteiger partial charge in [-0.2, -0.15) is 0 Å². The van der Waals surface area contributed by atoms with Gasteiger partial charge in [0.2, 0.25) is 5.91 Å². The molecule has 1 atom stereocenters. The third-order valence-electron chi connectivity index (χ3n) is 4.58. The summed E-state index contributed by atoms with van der Waals surface area (Å²) in [6, 6.07) is 16.2. The number of benzene rings is 2. The lowest BCUT2D eigenvalue weighted by Gasteiger charge is -2.18. The van der Waals surface area contributed by atoms with E-state index < -0.39 is 24.1 Å². The van der Waals surface area contributed by atoms with Gasteiger partial charge in [0.05, 0.1) is 14.1 Å². The Labute approximate surface area is 210 Å². The third kappa shape index (κ3) is 12.9. The molecule has 0 aliphatic heterocycles. The fourth-order valence-corrected chi connectivity index (χ4v) is 2.74. The van der Waals surface area contributed by atoms with E-state index in [0.717, 1.165) is 23.4 Å². The summed E-state index contributed by atoms with van der Waals surface area (Å²) in [5.41, 5.74) is 1.80. The summed E-state index contributed by atoms with van der Waals surface area (Å²) in [6.07, 6.45) is -0.268. The van der Waals surface area contributed by atoms with Gasteiger partial charge in [0.25, 0.3) is 0 Å². The number of carbonyl (C=O) groups excluding carboxylic acids is 3. The van der Waals surface area contributed by atoms with E-state index in [4.69, 9.17) is 29.3 Å². The number of carboxylic acid groups (broad SMARTS) is 2. The molecule has 2 aromatic rings. The molecule has 0 saturated carbocycles. The Morgan fingerprint density at radius 2 is 1.61 bits per heavy atom. The van der Waals surface area contributed by atoms with Crippen LogP contribution in [0.15, 0.2) is 54.6 Å².